The number of hydrogen-bond donors (Lipinski definition) is 0. The second-order valence-electron chi connectivity index (χ2n) is 6.39. The molecule has 0 radical (unpaired) electrons. The van der Waals surface area contributed by atoms with E-state index in [0.717, 1.165) is 6.42 Å². The number of nitrogens with zero attached hydrogens (tertiary/aromatic N) is 1. The SMILES string of the molecule is O=C(OCCOc1ccccc1F)[C@H]1CCCCN1S(=O)(=O)c1ccccc1. The van der Waals surface area contributed by atoms with Crippen LogP contribution in [0.4, 0.5) is 4.39 Å². The Morgan fingerprint density at radius 1 is 1.04 bits per heavy atom. The third-order valence-corrected chi connectivity index (χ3v) is 6.42. The van der Waals surface area contributed by atoms with Gasteiger partial charge in [-0.05, 0) is 43.5 Å². The van der Waals surface area contributed by atoms with Gasteiger partial charge in [0.15, 0.2) is 11.6 Å². The molecule has 0 bridgehead atoms. The van der Waals surface area contributed by atoms with E-state index in [4.69, 9.17) is 9.47 Å². The first kappa shape index (κ1) is 20.3. The van der Waals surface area contributed by atoms with E-state index in [-0.39, 0.29) is 30.4 Å². The van der Waals surface area contributed by atoms with Gasteiger partial charge in [0.05, 0.1) is 4.90 Å². The van der Waals surface area contributed by atoms with Crippen molar-refractivity contribution in [3.05, 3.63) is 60.4 Å². The van der Waals surface area contributed by atoms with Gasteiger partial charge in [-0.15, -0.1) is 0 Å². The summed E-state index contributed by atoms with van der Waals surface area (Å²) in [5.41, 5.74) is 0. The number of carbonyl (C=O) groups is 1. The van der Waals surface area contributed by atoms with E-state index in [1.165, 1.54) is 28.6 Å². The van der Waals surface area contributed by atoms with Gasteiger partial charge in [-0.1, -0.05) is 30.3 Å². The maximum atomic E-state index is 13.5. The van der Waals surface area contributed by atoms with E-state index >= 15 is 0 Å². The van der Waals surface area contributed by atoms with Crippen LogP contribution >= 0.6 is 0 Å². The molecule has 0 spiro atoms. The number of carbonyl (C=O) groups excluding carboxylic acids is 1. The lowest BCUT2D eigenvalue weighted by molar-refractivity contribution is -0.149. The highest BCUT2D eigenvalue weighted by molar-refractivity contribution is 7.89. The first-order valence-corrected chi connectivity index (χ1v) is 10.5. The summed E-state index contributed by atoms with van der Waals surface area (Å²) in [4.78, 5) is 12.7. The number of para-hydroxylation sites is 1. The van der Waals surface area contributed by atoms with Gasteiger partial charge in [0.1, 0.15) is 19.3 Å². The lowest BCUT2D eigenvalue weighted by Gasteiger charge is -2.33. The molecule has 28 heavy (non-hydrogen) atoms. The Balaban J connectivity index is 1.60. The van der Waals surface area contributed by atoms with E-state index in [0.29, 0.717) is 12.8 Å². The number of hydrogen-bond acceptors (Lipinski definition) is 5. The molecule has 1 heterocycles. The van der Waals surface area contributed by atoms with Crippen LogP contribution in [0.25, 0.3) is 0 Å². The van der Waals surface area contributed by atoms with Crippen LogP contribution in [-0.4, -0.2) is 44.5 Å². The van der Waals surface area contributed by atoms with Crippen molar-refractivity contribution in [1.29, 1.82) is 0 Å². The van der Waals surface area contributed by atoms with Gasteiger partial charge in [0.2, 0.25) is 10.0 Å². The van der Waals surface area contributed by atoms with Crippen molar-refractivity contribution in [2.75, 3.05) is 19.8 Å². The third kappa shape index (κ3) is 4.69. The predicted molar refractivity (Wildman–Crippen MR) is 101 cm³/mol. The van der Waals surface area contributed by atoms with Crippen LogP contribution in [0.2, 0.25) is 0 Å². The molecule has 1 saturated heterocycles. The van der Waals surface area contributed by atoms with E-state index < -0.39 is 27.9 Å². The quantitative estimate of drug-likeness (QED) is 0.521. The molecule has 2 aromatic rings. The molecule has 0 unspecified atom stereocenters. The fourth-order valence-electron chi connectivity index (χ4n) is 3.11. The molecule has 1 fully saturated rings. The predicted octanol–water partition coefficient (Wildman–Crippen LogP) is 2.99. The summed E-state index contributed by atoms with van der Waals surface area (Å²) >= 11 is 0. The van der Waals surface area contributed by atoms with Crippen LogP contribution < -0.4 is 4.74 Å². The summed E-state index contributed by atoms with van der Waals surface area (Å²) in [5, 5.41) is 0. The van der Waals surface area contributed by atoms with Crippen LogP contribution in [0.15, 0.2) is 59.5 Å². The van der Waals surface area contributed by atoms with Gasteiger partial charge in [0, 0.05) is 6.54 Å². The van der Waals surface area contributed by atoms with Gasteiger partial charge < -0.3 is 9.47 Å². The Morgan fingerprint density at radius 2 is 1.75 bits per heavy atom. The smallest absolute Gasteiger partial charge is 0.324 e. The molecular weight excluding hydrogens is 385 g/mol. The number of esters is 1. The molecule has 0 saturated carbocycles. The molecule has 2 aromatic carbocycles. The minimum absolute atomic E-state index is 0.0230. The Labute approximate surface area is 163 Å². The molecule has 150 valence electrons. The van der Waals surface area contributed by atoms with Crippen molar-refractivity contribution < 1.29 is 27.1 Å². The Kier molecular flexibility index (Phi) is 6.64. The first-order chi connectivity index (χ1) is 13.5. The first-order valence-electron chi connectivity index (χ1n) is 9.11. The van der Waals surface area contributed by atoms with E-state index in [9.17, 15) is 17.6 Å². The molecule has 0 N–H and O–H groups in total. The third-order valence-electron chi connectivity index (χ3n) is 4.50. The van der Waals surface area contributed by atoms with Gasteiger partial charge in [0.25, 0.3) is 0 Å². The number of rotatable bonds is 7. The lowest BCUT2D eigenvalue weighted by Crippen LogP contribution is -2.48. The summed E-state index contributed by atoms with van der Waals surface area (Å²) in [6, 6.07) is 13.1. The molecule has 1 atom stereocenters. The molecule has 0 aromatic heterocycles. The average molecular weight is 407 g/mol. The average Bonchev–Trinajstić information content (AvgIpc) is 2.73. The molecule has 0 amide bonds. The van der Waals surface area contributed by atoms with E-state index in [2.05, 4.69) is 0 Å². The van der Waals surface area contributed by atoms with Crippen molar-refractivity contribution in [3.63, 3.8) is 0 Å². The number of halogens is 1. The zero-order chi connectivity index (χ0) is 20.0. The highest BCUT2D eigenvalue weighted by Crippen LogP contribution is 2.26. The summed E-state index contributed by atoms with van der Waals surface area (Å²) in [5.74, 6) is -1.04. The van der Waals surface area contributed by atoms with Gasteiger partial charge in [-0.2, -0.15) is 4.31 Å². The standard InChI is InChI=1S/C20H22FNO5S/c21-17-10-4-5-12-19(17)26-14-15-27-20(23)18-11-6-7-13-22(18)28(24,25)16-8-2-1-3-9-16/h1-5,8-10,12,18H,6-7,11,13-15H2/t18-/m1/s1. The maximum Gasteiger partial charge on any atom is 0.324 e. The fraction of sp³-hybridized carbons (Fsp3) is 0.350. The monoisotopic (exact) mass is 407 g/mol. The van der Waals surface area contributed by atoms with Crippen molar-refractivity contribution in [2.24, 2.45) is 0 Å². The molecule has 6 nitrogen and oxygen atoms in total. The van der Waals surface area contributed by atoms with E-state index in [1.54, 1.807) is 30.3 Å². The van der Waals surface area contributed by atoms with Crippen LogP contribution in [0.5, 0.6) is 5.75 Å². The number of piperidine rings is 1. The van der Waals surface area contributed by atoms with Crippen molar-refractivity contribution in [1.82, 2.24) is 4.31 Å². The van der Waals surface area contributed by atoms with E-state index in [1.807, 2.05) is 0 Å². The van der Waals surface area contributed by atoms with Crippen LogP contribution in [0, 0.1) is 5.82 Å². The second kappa shape index (κ2) is 9.16. The van der Waals surface area contributed by atoms with Crippen LogP contribution in [-0.2, 0) is 19.6 Å². The van der Waals surface area contributed by atoms with Crippen LogP contribution in [0.1, 0.15) is 19.3 Å². The molecule has 0 aliphatic carbocycles. The number of benzene rings is 2. The molecule has 8 heteroatoms. The lowest BCUT2D eigenvalue weighted by atomic mass is 10.1. The summed E-state index contributed by atoms with van der Waals surface area (Å²) in [7, 11) is -3.78. The normalized spacial score (nSPS) is 17.8. The van der Waals surface area contributed by atoms with Crippen LogP contribution in [0.3, 0.4) is 0 Å². The Morgan fingerprint density at radius 3 is 2.50 bits per heavy atom. The molecule has 1 aliphatic rings. The van der Waals surface area contributed by atoms with Crippen molar-refractivity contribution >= 4 is 16.0 Å². The topological polar surface area (TPSA) is 72.9 Å². The Bertz CT molecular complexity index is 904. The molecule has 3 rings (SSSR count). The van der Waals surface area contributed by atoms with Gasteiger partial charge >= 0.3 is 5.97 Å². The summed E-state index contributed by atoms with van der Waals surface area (Å²) < 4.78 is 51.0. The summed E-state index contributed by atoms with van der Waals surface area (Å²) in [6.45, 7) is 0.149. The molecule has 1 aliphatic heterocycles. The molecular formula is C20H22FNO5S. The Hall–Kier alpha value is -2.45. The fourth-order valence-corrected chi connectivity index (χ4v) is 4.78. The highest BCUT2D eigenvalue weighted by Gasteiger charge is 2.38. The van der Waals surface area contributed by atoms with Gasteiger partial charge in [-0.25, -0.2) is 12.8 Å². The minimum atomic E-state index is -3.78. The second-order valence-corrected chi connectivity index (χ2v) is 8.28. The zero-order valence-electron chi connectivity index (χ0n) is 15.3. The van der Waals surface area contributed by atoms with Gasteiger partial charge in [-0.3, -0.25) is 4.79 Å². The number of sulfonamides is 1. The van der Waals surface area contributed by atoms with Crippen molar-refractivity contribution in [2.45, 2.75) is 30.2 Å². The minimum Gasteiger partial charge on any atom is -0.487 e. The maximum absolute atomic E-state index is 13.5. The summed E-state index contributed by atoms with van der Waals surface area (Å²) in [6.07, 6.45) is 1.83. The zero-order valence-corrected chi connectivity index (χ0v) is 16.1. The largest absolute Gasteiger partial charge is 0.487 e. The highest BCUT2D eigenvalue weighted by atomic mass is 32.2. The number of ether oxygens (including phenoxy) is 2. The van der Waals surface area contributed by atoms with Crippen molar-refractivity contribution in [3.8, 4) is 5.75 Å².